The molecule has 2 aromatic carbocycles. The van der Waals surface area contributed by atoms with Gasteiger partial charge in [0.2, 0.25) is 0 Å². The Morgan fingerprint density at radius 2 is 1.83 bits per heavy atom. The van der Waals surface area contributed by atoms with Crippen LogP contribution in [0.2, 0.25) is 0 Å². The normalized spacial score (nSPS) is 11.8. The molecule has 5 heteroatoms. The lowest BCUT2D eigenvalue weighted by molar-refractivity contribution is 0.579. The lowest BCUT2D eigenvalue weighted by Crippen LogP contribution is -2.23. The van der Waals surface area contributed by atoms with Crippen molar-refractivity contribution in [3.05, 3.63) is 65.2 Å². The van der Waals surface area contributed by atoms with E-state index in [1.54, 1.807) is 0 Å². The maximum absolute atomic E-state index is 13.1. The van der Waals surface area contributed by atoms with E-state index in [1.807, 2.05) is 18.2 Å². The molecular formula is C18H21F2N3. The van der Waals surface area contributed by atoms with Crippen molar-refractivity contribution < 1.29 is 8.78 Å². The molecule has 0 aliphatic rings. The van der Waals surface area contributed by atoms with Gasteiger partial charge < -0.3 is 11.1 Å². The summed E-state index contributed by atoms with van der Waals surface area (Å²) in [4.78, 5) is 4.19. The molecule has 122 valence electrons. The van der Waals surface area contributed by atoms with Crippen LogP contribution in [0.15, 0.2) is 47.5 Å². The third-order valence-electron chi connectivity index (χ3n) is 3.43. The number of hydrogen-bond donors (Lipinski definition) is 2. The standard InChI is InChI=1S/C18H21F2N3/c1-12(2)14-4-3-5-17(10-14)23-18(21)22-7-6-13-8-15(19)11-16(20)9-13/h3-5,8-12H,6-7H2,1-2H3,(H3,21,22,23). The fourth-order valence-corrected chi connectivity index (χ4v) is 2.22. The summed E-state index contributed by atoms with van der Waals surface area (Å²) in [6.07, 6.45) is 0.420. The van der Waals surface area contributed by atoms with Gasteiger partial charge in [-0.1, -0.05) is 26.0 Å². The number of hydrogen-bond acceptors (Lipinski definition) is 1. The summed E-state index contributed by atoms with van der Waals surface area (Å²) >= 11 is 0. The number of rotatable bonds is 5. The number of aliphatic imine (C=N–C) groups is 1. The molecule has 0 saturated carbocycles. The van der Waals surface area contributed by atoms with Crippen LogP contribution in [0.5, 0.6) is 0 Å². The van der Waals surface area contributed by atoms with E-state index in [1.165, 1.54) is 17.7 Å². The molecular weight excluding hydrogens is 296 g/mol. The van der Waals surface area contributed by atoms with Crippen molar-refractivity contribution in [3.8, 4) is 0 Å². The Kier molecular flexibility index (Phi) is 5.68. The number of anilines is 1. The lowest BCUT2D eigenvalue weighted by atomic mass is 10.0. The van der Waals surface area contributed by atoms with Crippen molar-refractivity contribution in [2.45, 2.75) is 26.2 Å². The second-order valence-corrected chi connectivity index (χ2v) is 5.70. The molecule has 0 unspecified atom stereocenters. The fraction of sp³-hybridized carbons (Fsp3) is 0.278. The Bertz CT molecular complexity index is 676. The van der Waals surface area contributed by atoms with E-state index < -0.39 is 11.6 Å². The average Bonchev–Trinajstić information content (AvgIpc) is 2.46. The van der Waals surface area contributed by atoms with E-state index in [9.17, 15) is 8.78 Å². The molecule has 2 rings (SSSR count). The fourth-order valence-electron chi connectivity index (χ4n) is 2.22. The molecule has 0 aliphatic carbocycles. The first kappa shape index (κ1) is 16.9. The van der Waals surface area contributed by atoms with E-state index in [-0.39, 0.29) is 5.96 Å². The first-order valence-electron chi connectivity index (χ1n) is 7.56. The topological polar surface area (TPSA) is 50.4 Å². The van der Waals surface area contributed by atoms with Crippen LogP contribution < -0.4 is 11.1 Å². The highest BCUT2D eigenvalue weighted by molar-refractivity contribution is 5.92. The highest BCUT2D eigenvalue weighted by Crippen LogP contribution is 2.18. The van der Waals surface area contributed by atoms with Gasteiger partial charge in [0, 0.05) is 18.3 Å². The third kappa shape index (κ3) is 5.36. The summed E-state index contributed by atoms with van der Waals surface area (Å²) < 4.78 is 26.2. The molecule has 0 saturated heterocycles. The summed E-state index contributed by atoms with van der Waals surface area (Å²) in [7, 11) is 0. The van der Waals surface area contributed by atoms with Crippen LogP contribution in [0.4, 0.5) is 14.5 Å². The lowest BCUT2D eigenvalue weighted by Gasteiger charge is -2.10. The molecule has 0 fully saturated rings. The van der Waals surface area contributed by atoms with Crippen molar-refractivity contribution in [1.82, 2.24) is 0 Å². The highest BCUT2D eigenvalue weighted by atomic mass is 19.1. The molecule has 0 amide bonds. The van der Waals surface area contributed by atoms with Crippen molar-refractivity contribution >= 4 is 11.6 Å². The number of guanidine groups is 1. The smallest absolute Gasteiger partial charge is 0.193 e. The van der Waals surface area contributed by atoms with E-state index >= 15 is 0 Å². The van der Waals surface area contributed by atoms with Crippen LogP contribution in [0.1, 0.15) is 30.9 Å². The Hall–Kier alpha value is -2.43. The molecule has 0 spiro atoms. The zero-order valence-corrected chi connectivity index (χ0v) is 13.3. The molecule has 0 aromatic heterocycles. The molecule has 2 aromatic rings. The number of benzene rings is 2. The summed E-state index contributed by atoms with van der Waals surface area (Å²) in [5.41, 5.74) is 8.48. The van der Waals surface area contributed by atoms with E-state index in [0.717, 1.165) is 11.8 Å². The third-order valence-corrected chi connectivity index (χ3v) is 3.43. The highest BCUT2D eigenvalue weighted by Gasteiger charge is 2.02. The Labute approximate surface area is 135 Å². The van der Waals surface area contributed by atoms with Crippen molar-refractivity contribution in [3.63, 3.8) is 0 Å². The molecule has 0 heterocycles. The monoisotopic (exact) mass is 317 g/mol. The van der Waals surface area contributed by atoms with Gasteiger partial charge in [-0.2, -0.15) is 0 Å². The van der Waals surface area contributed by atoms with Gasteiger partial charge in [-0.15, -0.1) is 0 Å². The predicted octanol–water partition coefficient (Wildman–Crippen LogP) is 4.06. The van der Waals surface area contributed by atoms with Crippen molar-refractivity contribution in [2.24, 2.45) is 10.7 Å². The van der Waals surface area contributed by atoms with E-state index in [0.29, 0.717) is 24.4 Å². The van der Waals surface area contributed by atoms with Crippen molar-refractivity contribution in [1.29, 1.82) is 0 Å². The zero-order chi connectivity index (χ0) is 16.8. The Morgan fingerprint density at radius 3 is 2.48 bits per heavy atom. The maximum Gasteiger partial charge on any atom is 0.193 e. The maximum atomic E-state index is 13.1. The molecule has 3 nitrogen and oxygen atoms in total. The minimum Gasteiger partial charge on any atom is -0.370 e. The second-order valence-electron chi connectivity index (χ2n) is 5.70. The largest absolute Gasteiger partial charge is 0.370 e. The summed E-state index contributed by atoms with van der Waals surface area (Å²) in [5, 5.41) is 3.03. The first-order valence-corrected chi connectivity index (χ1v) is 7.56. The molecule has 3 N–H and O–H groups in total. The summed E-state index contributed by atoms with van der Waals surface area (Å²) in [5.74, 6) is -0.457. The van der Waals surface area contributed by atoms with Crippen molar-refractivity contribution in [2.75, 3.05) is 11.9 Å². The van der Waals surface area contributed by atoms with Crippen LogP contribution in [0, 0.1) is 11.6 Å². The Balaban J connectivity index is 1.94. The minimum absolute atomic E-state index is 0.280. The first-order chi connectivity index (χ1) is 10.9. The van der Waals surface area contributed by atoms with E-state index in [2.05, 4.69) is 30.2 Å². The quantitative estimate of drug-likeness (QED) is 0.645. The van der Waals surface area contributed by atoms with Gasteiger partial charge in [-0.3, -0.25) is 4.99 Å². The average molecular weight is 317 g/mol. The zero-order valence-electron chi connectivity index (χ0n) is 13.3. The number of halogens is 2. The van der Waals surface area contributed by atoms with Crippen LogP contribution in [0.3, 0.4) is 0 Å². The molecule has 0 atom stereocenters. The Morgan fingerprint density at radius 1 is 1.13 bits per heavy atom. The minimum atomic E-state index is -0.583. The number of nitrogens with zero attached hydrogens (tertiary/aromatic N) is 1. The van der Waals surface area contributed by atoms with Gasteiger partial charge in [0.25, 0.3) is 0 Å². The van der Waals surface area contributed by atoms with E-state index in [4.69, 9.17) is 5.73 Å². The molecule has 0 aliphatic heterocycles. The number of nitrogens with two attached hydrogens (primary N) is 1. The molecule has 0 bridgehead atoms. The van der Waals surface area contributed by atoms with Gasteiger partial charge in [0.1, 0.15) is 11.6 Å². The van der Waals surface area contributed by atoms with Gasteiger partial charge in [-0.25, -0.2) is 8.78 Å². The summed E-state index contributed by atoms with van der Waals surface area (Å²) in [6, 6.07) is 11.4. The van der Waals surface area contributed by atoms with Gasteiger partial charge in [-0.05, 0) is 47.7 Å². The van der Waals surface area contributed by atoms with Gasteiger partial charge >= 0.3 is 0 Å². The van der Waals surface area contributed by atoms with Crippen LogP contribution in [0.25, 0.3) is 0 Å². The number of nitrogens with one attached hydrogen (secondary N) is 1. The molecule has 0 radical (unpaired) electrons. The van der Waals surface area contributed by atoms with Crippen LogP contribution in [-0.4, -0.2) is 12.5 Å². The van der Waals surface area contributed by atoms with Crippen LogP contribution in [-0.2, 0) is 6.42 Å². The SMILES string of the molecule is CC(C)c1cccc(NC(N)=NCCc2cc(F)cc(F)c2)c1. The second kappa shape index (κ2) is 7.72. The van der Waals surface area contributed by atoms with Crippen LogP contribution >= 0.6 is 0 Å². The van der Waals surface area contributed by atoms with Gasteiger partial charge in [0.15, 0.2) is 5.96 Å². The summed E-state index contributed by atoms with van der Waals surface area (Å²) in [6.45, 7) is 4.59. The predicted molar refractivity (Wildman–Crippen MR) is 90.7 cm³/mol. The molecule has 23 heavy (non-hydrogen) atoms. The van der Waals surface area contributed by atoms with Gasteiger partial charge in [0.05, 0.1) is 0 Å².